The molecule has 0 saturated carbocycles. The first kappa shape index (κ1) is 28.2. The van der Waals surface area contributed by atoms with E-state index in [2.05, 4.69) is 170 Å². The van der Waals surface area contributed by atoms with Gasteiger partial charge in [0.2, 0.25) is 0 Å². The van der Waals surface area contributed by atoms with E-state index in [1.165, 1.54) is 68.3 Å². The number of allylic oxidation sites excluding steroid dienone is 6. The molecule has 0 radical (unpaired) electrons. The Balaban J connectivity index is 1.28. The van der Waals surface area contributed by atoms with Crippen LogP contribution < -0.4 is 4.90 Å². The number of fused-ring (bicyclic) bond motifs is 7. The normalized spacial score (nSPS) is 21.7. The summed E-state index contributed by atoms with van der Waals surface area (Å²) in [5, 5.41) is 2.54. The fourth-order valence-electron chi connectivity index (χ4n) is 9.07. The fourth-order valence-corrected chi connectivity index (χ4v) is 9.07. The average molecular weight is 609 g/mol. The van der Waals surface area contributed by atoms with Crippen LogP contribution in [0.3, 0.4) is 0 Å². The first-order chi connectivity index (χ1) is 23.0. The lowest BCUT2D eigenvalue weighted by Crippen LogP contribution is -2.37. The van der Waals surface area contributed by atoms with Crippen molar-refractivity contribution in [2.24, 2.45) is 11.8 Å². The third kappa shape index (κ3) is 4.17. The van der Waals surface area contributed by atoms with Crippen LogP contribution in [0.15, 0.2) is 151 Å². The summed E-state index contributed by atoms with van der Waals surface area (Å²) >= 11 is 0. The number of para-hydroxylation sites is 3. The molecule has 0 aliphatic heterocycles. The van der Waals surface area contributed by atoms with E-state index >= 15 is 0 Å². The molecule has 47 heavy (non-hydrogen) atoms. The van der Waals surface area contributed by atoms with E-state index < -0.39 is 0 Å². The van der Waals surface area contributed by atoms with Gasteiger partial charge in [0.1, 0.15) is 0 Å². The highest BCUT2D eigenvalue weighted by Gasteiger charge is 2.49. The first-order valence-electron chi connectivity index (χ1n) is 17.2. The van der Waals surface area contributed by atoms with E-state index in [4.69, 9.17) is 0 Å². The van der Waals surface area contributed by atoms with Gasteiger partial charge >= 0.3 is 0 Å². The minimum absolute atomic E-state index is 0.0111. The molecule has 2 nitrogen and oxygen atoms in total. The molecule has 6 aromatic rings. The third-order valence-corrected chi connectivity index (χ3v) is 11.2. The van der Waals surface area contributed by atoms with Crippen molar-refractivity contribution in [3.63, 3.8) is 0 Å². The zero-order valence-corrected chi connectivity index (χ0v) is 27.4. The second-order valence-electron chi connectivity index (χ2n) is 14.0. The highest BCUT2D eigenvalue weighted by molar-refractivity contribution is 6.10. The molecule has 5 aromatic carbocycles. The van der Waals surface area contributed by atoms with Gasteiger partial charge in [-0.05, 0) is 115 Å². The molecule has 9 rings (SSSR count). The van der Waals surface area contributed by atoms with Crippen LogP contribution in [0.4, 0.5) is 17.1 Å². The van der Waals surface area contributed by atoms with Crippen LogP contribution in [0.2, 0.25) is 0 Å². The molecular formula is C45H40N2. The van der Waals surface area contributed by atoms with Crippen molar-refractivity contribution in [2.45, 2.75) is 45.4 Å². The van der Waals surface area contributed by atoms with Crippen LogP contribution in [0.25, 0.3) is 33.1 Å². The number of hydrogen-bond acceptors (Lipinski definition) is 1. The zero-order valence-electron chi connectivity index (χ0n) is 27.4. The van der Waals surface area contributed by atoms with Crippen molar-refractivity contribution >= 4 is 44.4 Å². The van der Waals surface area contributed by atoms with Crippen LogP contribution in [0.1, 0.15) is 51.2 Å². The van der Waals surface area contributed by atoms with E-state index in [0.717, 1.165) is 17.8 Å². The summed E-state index contributed by atoms with van der Waals surface area (Å²) in [4.78, 5) is 2.44. The Morgan fingerprint density at radius 1 is 0.702 bits per heavy atom. The molecule has 0 bridgehead atoms. The minimum Gasteiger partial charge on any atom is -0.310 e. The van der Waals surface area contributed by atoms with E-state index in [1.807, 2.05) is 0 Å². The minimum atomic E-state index is -0.0111. The summed E-state index contributed by atoms with van der Waals surface area (Å²) in [5.74, 6) is 1.10. The van der Waals surface area contributed by atoms with E-state index in [9.17, 15) is 0 Å². The van der Waals surface area contributed by atoms with Gasteiger partial charge in [-0.25, -0.2) is 0 Å². The number of hydrogen-bond donors (Lipinski definition) is 0. The molecule has 0 amide bonds. The van der Waals surface area contributed by atoms with Gasteiger partial charge in [-0.15, -0.1) is 0 Å². The lowest BCUT2D eigenvalue weighted by Gasteiger charge is -2.43. The summed E-state index contributed by atoms with van der Waals surface area (Å²) in [7, 11) is 0. The van der Waals surface area contributed by atoms with Gasteiger partial charge in [-0.3, -0.25) is 0 Å². The van der Waals surface area contributed by atoms with Gasteiger partial charge < -0.3 is 9.47 Å². The van der Waals surface area contributed by atoms with E-state index in [0.29, 0.717) is 11.8 Å². The van der Waals surface area contributed by atoms with Gasteiger partial charge in [-0.2, -0.15) is 0 Å². The molecule has 0 fully saturated rings. The maximum absolute atomic E-state index is 2.64. The van der Waals surface area contributed by atoms with Crippen LogP contribution in [0.5, 0.6) is 0 Å². The van der Waals surface area contributed by atoms with Crippen molar-refractivity contribution in [3.8, 4) is 5.69 Å². The lowest BCUT2D eigenvalue weighted by atomic mass is 9.60. The van der Waals surface area contributed by atoms with Crippen molar-refractivity contribution in [2.75, 3.05) is 4.90 Å². The molecule has 1 heterocycles. The Morgan fingerprint density at radius 3 is 2.23 bits per heavy atom. The second kappa shape index (κ2) is 10.7. The topological polar surface area (TPSA) is 8.17 Å². The predicted molar refractivity (Wildman–Crippen MR) is 199 cm³/mol. The third-order valence-electron chi connectivity index (χ3n) is 11.2. The Hall–Kier alpha value is -5.08. The smallest absolute Gasteiger partial charge is 0.0561 e. The summed E-state index contributed by atoms with van der Waals surface area (Å²) in [6.45, 7) is 7.26. The van der Waals surface area contributed by atoms with Crippen molar-refractivity contribution < 1.29 is 0 Å². The number of nitrogens with zero attached hydrogens (tertiary/aromatic N) is 2. The highest BCUT2D eigenvalue weighted by atomic mass is 15.1. The van der Waals surface area contributed by atoms with Crippen molar-refractivity contribution in [1.29, 1.82) is 0 Å². The SMILES string of the molecule is CC1=CC2(C3=C(C=CCC3C)c3cc(N(c4ccccc4)c4ccc5c6ccccc6n(-c6ccccc6)c5c4)ccc32)C(C)CC1. The first-order valence-corrected chi connectivity index (χ1v) is 17.2. The highest BCUT2D eigenvalue weighted by Crippen LogP contribution is 2.60. The largest absolute Gasteiger partial charge is 0.310 e. The molecule has 2 heteroatoms. The number of anilines is 3. The van der Waals surface area contributed by atoms with Crippen LogP contribution in [-0.2, 0) is 5.41 Å². The Kier molecular flexibility index (Phi) is 6.44. The molecule has 0 saturated heterocycles. The molecule has 0 N–H and O–H groups in total. The van der Waals surface area contributed by atoms with Crippen LogP contribution in [0, 0.1) is 11.8 Å². The van der Waals surface area contributed by atoms with Gasteiger partial charge in [0.25, 0.3) is 0 Å². The van der Waals surface area contributed by atoms with Crippen molar-refractivity contribution in [1.82, 2.24) is 4.57 Å². The molecule has 3 aliphatic carbocycles. The molecule has 1 spiro atoms. The Morgan fingerprint density at radius 2 is 1.40 bits per heavy atom. The average Bonchev–Trinajstić information content (AvgIpc) is 3.58. The summed E-state index contributed by atoms with van der Waals surface area (Å²) in [6.07, 6.45) is 11.0. The fraction of sp³-hybridized carbons (Fsp3) is 0.200. The van der Waals surface area contributed by atoms with Crippen LogP contribution in [-0.4, -0.2) is 4.57 Å². The van der Waals surface area contributed by atoms with Crippen LogP contribution >= 0.6 is 0 Å². The van der Waals surface area contributed by atoms with Gasteiger partial charge in [0.05, 0.1) is 11.0 Å². The number of rotatable bonds is 4. The maximum Gasteiger partial charge on any atom is 0.0561 e. The standard InChI is InChI=1S/C45H40N2/c1-30-21-22-32(3)45(29-30)41-26-24-35(27-40(41)39-19-12-13-31(2)44(39)45)46(33-14-6-4-7-15-33)36-23-25-38-37-18-10-11-20-42(37)47(43(38)28-36)34-16-8-5-9-17-34/h4-12,14-20,23-29,31-32H,13,21-22H2,1-3H3. The number of benzene rings is 5. The molecule has 3 aliphatic rings. The summed E-state index contributed by atoms with van der Waals surface area (Å²) < 4.78 is 2.41. The molecule has 1 aromatic heterocycles. The monoisotopic (exact) mass is 608 g/mol. The molecular weight excluding hydrogens is 569 g/mol. The quantitative estimate of drug-likeness (QED) is 0.181. The molecule has 3 unspecified atom stereocenters. The van der Waals surface area contributed by atoms with E-state index in [1.54, 1.807) is 5.57 Å². The zero-order chi connectivity index (χ0) is 31.7. The van der Waals surface area contributed by atoms with Crippen molar-refractivity contribution in [3.05, 3.63) is 162 Å². The molecule has 3 atom stereocenters. The maximum atomic E-state index is 2.64. The summed E-state index contributed by atoms with van der Waals surface area (Å²) in [6, 6.07) is 44.7. The molecule has 230 valence electrons. The van der Waals surface area contributed by atoms with Gasteiger partial charge in [0, 0.05) is 38.9 Å². The van der Waals surface area contributed by atoms with Gasteiger partial charge in [0.15, 0.2) is 0 Å². The predicted octanol–water partition coefficient (Wildman–Crippen LogP) is 12.2. The Bertz CT molecular complexity index is 2270. The van der Waals surface area contributed by atoms with E-state index in [-0.39, 0.29) is 5.41 Å². The summed E-state index contributed by atoms with van der Waals surface area (Å²) in [5.41, 5.74) is 14.6. The Labute approximate surface area is 278 Å². The van der Waals surface area contributed by atoms with Gasteiger partial charge in [-0.1, -0.05) is 104 Å². The second-order valence-corrected chi connectivity index (χ2v) is 14.0. The lowest BCUT2D eigenvalue weighted by molar-refractivity contribution is 0.343. The number of aromatic nitrogens is 1.